The van der Waals surface area contributed by atoms with Crippen LogP contribution in [0.1, 0.15) is 26.7 Å². The highest BCUT2D eigenvalue weighted by Crippen LogP contribution is 2.14. The second-order valence-corrected chi connectivity index (χ2v) is 4.43. The summed E-state index contributed by atoms with van der Waals surface area (Å²) in [6.45, 7) is 6.00. The van der Waals surface area contributed by atoms with Gasteiger partial charge in [0, 0.05) is 12.6 Å². The molecule has 15 heavy (non-hydrogen) atoms. The van der Waals surface area contributed by atoms with Gasteiger partial charge < -0.3 is 5.32 Å². The van der Waals surface area contributed by atoms with Gasteiger partial charge in [-0.25, -0.2) is 0 Å². The van der Waals surface area contributed by atoms with Crippen molar-refractivity contribution < 1.29 is 4.79 Å². The van der Waals surface area contributed by atoms with Crippen LogP contribution in [0.25, 0.3) is 0 Å². The normalized spacial score (nSPS) is 22.4. The number of nitriles is 1. The van der Waals surface area contributed by atoms with Gasteiger partial charge in [0.2, 0.25) is 5.91 Å². The predicted octanol–water partition coefficient (Wildman–Crippen LogP) is 0.747. The van der Waals surface area contributed by atoms with Crippen LogP contribution in [0.15, 0.2) is 0 Å². The quantitative estimate of drug-likeness (QED) is 0.746. The molecule has 0 aromatic rings. The fourth-order valence-electron chi connectivity index (χ4n) is 1.88. The van der Waals surface area contributed by atoms with Crippen LogP contribution in [0.2, 0.25) is 0 Å². The van der Waals surface area contributed by atoms with Crippen molar-refractivity contribution in [3.8, 4) is 6.07 Å². The van der Waals surface area contributed by atoms with E-state index >= 15 is 0 Å². The summed E-state index contributed by atoms with van der Waals surface area (Å²) in [5, 5.41) is 11.7. The lowest BCUT2D eigenvalue weighted by atomic mass is 10.00. The highest BCUT2D eigenvalue weighted by molar-refractivity contribution is 5.78. The Hall–Kier alpha value is -1.08. The molecule has 0 saturated carbocycles. The molecule has 1 N–H and O–H groups in total. The number of nitrogens with zero attached hydrogens (tertiary/aromatic N) is 2. The average Bonchev–Trinajstić information content (AvgIpc) is 2.16. The molecule has 1 aliphatic heterocycles. The molecule has 0 aromatic heterocycles. The summed E-state index contributed by atoms with van der Waals surface area (Å²) < 4.78 is 0. The van der Waals surface area contributed by atoms with Gasteiger partial charge in [-0.15, -0.1) is 0 Å². The first-order valence-corrected chi connectivity index (χ1v) is 5.53. The van der Waals surface area contributed by atoms with E-state index in [1.165, 1.54) is 0 Å². The first kappa shape index (κ1) is 12.0. The van der Waals surface area contributed by atoms with Crippen LogP contribution in [0.4, 0.5) is 0 Å². The third-order valence-electron chi connectivity index (χ3n) is 2.50. The Balaban J connectivity index is 2.32. The molecule has 1 unspecified atom stereocenters. The Morgan fingerprint density at radius 3 is 3.00 bits per heavy atom. The minimum atomic E-state index is 0.0589. The second kappa shape index (κ2) is 5.72. The SMILES string of the molecule is CC(C)NC(=O)CN1CCCC(C#N)C1. The summed E-state index contributed by atoms with van der Waals surface area (Å²) >= 11 is 0. The van der Waals surface area contributed by atoms with E-state index in [0.717, 1.165) is 25.9 Å². The van der Waals surface area contributed by atoms with Gasteiger partial charge in [-0.3, -0.25) is 9.69 Å². The maximum Gasteiger partial charge on any atom is 0.234 e. The van der Waals surface area contributed by atoms with Crippen LogP contribution < -0.4 is 5.32 Å². The van der Waals surface area contributed by atoms with Crippen molar-refractivity contribution in [2.24, 2.45) is 5.92 Å². The van der Waals surface area contributed by atoms with Crippen LogP contribution >= 0.6 is 0 Å². The molecule has 1 heterocycles. The lowest BCUT2D eigenvalue weighted by Gasteiger charge is -2.28. The molecule has 4 heteroatoms. The molecule has 1 fully saturated rings. The molecule has 1 saturated heterocycles. The van der Waals surface area contributed by atoms with E-state index in [2.05, 4.69) is 16.3 Å². The third kappa shape index (κ3) is 4.30. The molecule has 84 valence electrons. The van der Waals surface area contributed by atoms with Crippen molar-refractivity contribution in [2.75, 3.05) is 19.6 Å². The largest absolute Gasteiger partial charge is 0.353 e. The second-order valence-electron chi connectivity index (χ2n) is 4.43. The van der Waals surface area contributed by atoms with Gasteiger partial charge >= 0.3 is 0 Å². The van der Waals surface area contributed by atoms with Crippen molar-refractivity contribution >= 4 is 5.91 Å². The van der Waals surface area contributed by atoms with Crippen LogP contribution in [-0.2, 0) is 4.79 Å². The van der Waals surface area contributed by atoms with Gasteiger partial charge in [0.25, 0.3) is 0 Å². The minimum Gasteiger partial charge on any atom is -0.353 e. The fourth-order valence-corrected chi connectivity index (χ4v) is 1.88. The zero-order valence-electron chi connectivity index (χ0n) is 9.49. The van der Waals surface area contributed by atoms with E-state index < -0.39 is 0 Å². The van der Waals surface area contributed by atoms with Gasteiger partial charge in [0.15, 0.2) is 0 Å². The first-order chi connectivity index (χ1) is 7.11. The van der Waals surface area contributed by atoms with Gasteiger partial charge in [-0.1, -0.05) is 0 Å². The highest BCUT2D eigenvalue weighted by Gasteiger charge is 2.21. The molecular formula is C11H19N3O. The first-order valence-electron chi connectivity index (χ1n) is 5.53. The van der Waals surface area contributed by atoms with Crippen molar-refractivity contribution in [3.63, 3.8) is 0 Å². The minimum absolute atomic E-state index is 0.0589. The van der Waals surface area contributed by atoms with Gasteiger partial charge in [0.1, 0.15) is 0 Å². The van der Waals surface area contributed by atoms with Crippen LogP contribution in [0, 0.1) is 17.2 Å². The highest BCUT2D eigenvalue weighted by atomic mass is 16.2. The number of rotatable bonds is 3. The zero-order chi connectivity index (χ0) is 11.3. The average molecular weight is 209 g/mol. The maximum atomic E-state index is 11.5. The van der Waals surface area contributed by atoms with Crippen molar-refractivity contribution in [1.29, 1.82) is 5.26 Å². The zero-order valence-corrected chi connectivity index (χ0v) is 9.49. The number of carbonyl (C=O) groups excluding carboxylic acids is 1. The van der Waals surface area contributed by atoms with E-state index in [1.807, 2.05) is 13.8 Å². The molecule has 1 atom stereocenters. The monoisotopic (exact) mass is 209 g/mol. The Morgan fingerprint density at radius 2 is 2.40 bits per heavy atom. The number of nitrogens with one attached hydrogen (secondary N) is 1. The number of hydrogen-bond acceptors (Lipinski definition) is 3. The van der Waals surface area contributed by atoms with Crippen molar-refractivity contribution in [1.82, 2.24) is 10.2 Å². The summed E-state index contributed by atoms with van der Waals surface area (Å²) in [6, 6.07) is 2.46. The van der Waals surface area contributed by atoms with E-state index in [0.29, 0.717) is 6.54 Å². The Labute approximate surface area is 91.2 Å². The summed E-state index contributed by atoms with van der Waals surface area (Å²) in [7, 11) is 0. The Kier molecular flexibility index (Phi) is 4.57. The number of carbonyl (C=O) groups is 1. The van der Waals surface area contributed by atoms with Gasteiger partial charge in [0.05, 0.1) is 18.5 Å². The van der Waals surface area contributed by atoms with Crippen molar-refractivity contribution in [3.05, 3.63) is 0 Å². The molecular weight excluding hydrogens is 190 g/mol. The van der Waals surface area contributed by atoms with Crippen LogP contribution in [0.5, 0.6) is 0 Å². The third-order valence-corrected chi connectivity index (χ3v) is 2.50. The number of hydrogen-bond donors (Lipinski definition) is 1. The maximum absolute atomic E-state index is 11.5. The smallest absolute Gasteiger partial charge is 0.234 e. The predicted molar refractivity (Wildman–Crippen MR) is 58.1 cm³/mol. The van der Waals surface area contributed by atoms with E-state index in [1.54, 1.807) is 0 Å². The Bertz CT molecular complexity index is 257. The van der Waals surface area contributed by atoms with E-state index in [9.17, 15) is 4.79 Å². The summed E-state index contributed by atoms with van der Waals surface area (Å²) in [4.78, 5) is 13.5. The van der Waals surface area contributed by atoms with Crippen molar-refractivity contribution in [2.45, 2.75) is 32.7 Å². The van der Waals surface area contributed by atoms with Crippen LogP contribution in [0.3, 0.4) is 0 Å². The van der Waals surface area contributed by atoms with Gasteiger partial charge in [-0.2, -0.15) is 5.26 Å². The van der Waals surface area contributed by atoms with Gasteiger partial charge in [-0.05, 0) is 33.2 Å². The molecule has 0 spiro atoms. The molecule has 0 aromatic carbocycles. The Morgan fingerprint density at radius 1 is 1.67 bits per heavy atom. The molecule has 0 bridgehead atoms. The lowest BCUT2D eigenvalue weighted by molar-refractivity contribution is -0.123. The molecule has 0 radical (unpaired) electrons. The molecule has 4 nitrogen and oxygen atoms in total. The number of piperidine rings is 1. The summed E-state index contributed by atoms with van der Waals surface area (Å²) in [6.07, 6.45) is 1.99. The standard InChI is InChI=1S/C11H19N3O/c1-9(2)13-11(15)8-14-5-3-4-10(6-12)7-14/h9-10H,3-5,7-8H2,1-2H3,(H,13,15). The molecule has 0 aliphatic carbocycles. The summed E-state index contributed by atoms with van der Waals surface area (Å²) in [5.41, 5.74) is 0. The number of likely N-dealkylation sites (tertiary alicyclic amines) is 1. The van der Waals surface area contributed by atoms with E-state index in [-0.39, 0.29) is 17.9 Å². The number of amides is 1. The van der Waals surface area contributed by atoms with Crippen LogP contribution in [-0.4, -0.2) is 36.5 Å². The molecule has 1 amide bonds. The lowest BCUT2D eigenvalue weighted by Crippen LogP contribution is -2.43. The molecule has 1 rings (SSSR count). The fraction of sp³-hybridized carbons (Fsp3) is 0.818. The summed E-state index contributed by atoms with van der Waals surface area (Å²) in [5.74, 6) is 0.161. The topological polar surface area (TPSA) is 56.1 Å². The molecule has 1 aliphatic rings. The van der Waals surface area contributed by atoms with E-state index in [4.69, 9.17) is 5.26 Å².